The van der Waals surface area contributed by atoms with Crippen molar-refractivity contribution in [1.82, 2.24) is 5.32 Å². The van der Waals surface area contributed by atoms with E-state index in [4.69, 9.17) is 9.47 Å². The molecular weight excluding hydrogens is 314 g/mol. The Morgan fingerprint density at radius 2 is 2.04 bits per heavy atom. The highest BCUT2D eigenvalue weighted by Gasteiger charge is 2.05. The number of benzene rings is 1. The quantitative estimate of drug-likeness (QED) is 0.626. The van der Waals surface area contributed by atoms with Crippen LogP contribution in [-0.4, -0.2) is 25.6 Å². The average Bonchev–Trinajstić information content (AvgIpc) is 3.10. The number of carbonyl (C=O) groups is 2. The second kappa shape index (κ2) is 8.75. The van der Waals surface area contributed by atoms with Crippen molar-refractivity contribution >= 4 is 29.3 Å². The molecule has 6 heteroatoms. The lowest BCUT2D eigenvalue weighted by Crippen LogP contribution is -2.27. The predicted molar refractivity (Wildman–Crippen MR) is 89.2 cm³/mol. The van der Waals surface area contributed by atoms with Crippen molar-refractivity contribution in [2.45, 2.75) is 6.54 Å². The van der Waals surface area contributed by atoms with Gasteiger partial charge in [-0.3, -0.25) is 4.79 Å². The first kappa shape index (κ1) is 16.8. The molecule has 0 spiro atoms. The molecule has 0 bridgehead atoms. The predicted octanol–water partition coefficient (Wildman–Crippen LogP) is 2.63. The van der Waals surface area contributed by atoms with Gasteiger partial charge in [-0.25, -0.2) is 4.79 Å². The average molecular weight is 331 g/mol. The summed E-state index contributed by atoms with van der Waals surface area (Å²) in [5.41, 5.74) is 0.758. The third-order valence-electron chi connectivity index (χ3n) is 2.92. The Morgan fingerprint density at radius 1 is 1.22 bits per heavy atom. The maximum atomic E-state index is 11.6. The summed E-state index contributed by atoms with van der Waals surface area (Å²) in [6, 6.07) is 11.1. The van der Waals surface area contributed by atoms with Gasteiger partial charge in [0.1, 0.15) is 5.75 Å². The van der Waals surface area contributed by atoms with E-state index in [2.05, 4.69) is 5.32 Å². The van der Waals surface area contributed by atoms with Gasteiger partial charge in [0.15, 0.2) is 6.61 Å². The number of ether oxygens (including phenoxy) is 2. The van der Waals surface area contributed by atoms with Gasteiger partial charge >= 0.3 is 5.97 Å². The minimum absolute atomic E-state index is 0.305. The molecule has 120 valence electrons. The molecule has 0 atom stereocenters. The zero-order chi connectivity index (χ0) is 16.5. The lowest BCUT2D eigenvalue weighted by atomic mass is 10.2. The maximum Gasteiger partial charge on any atom is 0.331 e. The summed E-state index contributed by atoms with van der Waals surface area (Å²) in [5.74, 6) is -0.259. The molecular formula is C17H17NO4S. The van der Waals surface area contributed by atoms with E-state index in [1.165, 1.54) is 6.08 Å². The molecule has 1 heterocycles. The minimum Gasteiger partial charge on any atom is -0.496 e. The van der Waals surface area contributed by atoms with E-state index in [9.17, 15) is 9.59 Å². The fourth-order valence-corrected chi connectivity index (χ4v) is 2.44. The number of thiophene rings is 1. The van der Waals surface area contributed by atoms with Crippen LogP contribution in [0.2, 0.25) is 0 Å². The highest BCUT2D eigenvalue weighted by molar-refractivity contribution is 7.09. The lowest BCUT2D eigenvalue weighted by molar-refractivity contribution is -0.143. The second-order valence-electron chi connectivity index (χ2n) is 4.54. The summed E-state index contributed by atoms with van der Waals surface area (Å²) in [4.78, 5) is 24.3. The fourth-order valence-electron chi connectivity index (χ4n) is 1.80. The van der Waals surface area contributed by atoms with Crippen LogP contribution in [0.15, 0.2) is 47.9 Å². The molecule has 1 N–H and O–H groups in total. The van der Waals surface area contributed by atoms with E-state index in [0.717, 1.165) is 10.4 Å². The van der Waals surface area contributed by atoms with Crippen LogP contribution in [-0.2, 0) is 20.9 Å². The number of methoxy groups -OCH3 is 1. The Kier molecular flexibility index (Phi) is 6.38. The van der Waals surface area contributed by atoms with E-state index in [-0.39, 0.29) is 12.5 Å². The first-order valence-corrected chi connectivity index (χ1v) is 7.84. The van der Waals surface area contributed by atoms with E-state index in [1.807, 2.05) is 35.7 Å². The summed E-state index contributed by atoms with van der Waals surface area (Å²) in [6.45, 7) is 0.131. The van der Waals surface area contributed by atoms with Crippen LogP contribution in [0, 0.1) is 0 Å². The molecule has 0 aliphatic carbocycles. The maximum absolute atomic E-state index is 11.6. The molecule has 1 aromatic heterocycles. The van der Waals surface area contributed by atoms with Gasteiger partial charge in [-0.2, -0.15) is 0 Å². The zero-order valence-electron chi connectivity index (χ0n) is 12.7. The van der Waals surface area contributed by atoms with Crippen LogP contribution in [0.25, 0.3) is 6.08 Å². The first-order valence-electron chi connectivity index (χ1n) is 6.96. The SMILES string of the molecule is COc1ccccc1/C=C/C(=O)OCC(=O)NCc1cccs1. The molecule has 2 aromatic rings. The van der Waals surface area contributed by atoms with Crippen molar-refractivity contribution < 1.29 is 19.1 Å². The van der Waals surface area contributed by atoms with Gasteiger partial charge in [-0.05, 0) is 23.6 Å². The van der Waals surface area contributed by atoms with Crippen molar-refractivity contribution in [1.29, 1.82) is 0 Å². The molecule has 0 saturated heterocycles. The highest BCUT2D eigenvalue weighted by atomic mass is 32.1. The fraction of sp³-hybridized carbons (Fsp3) is 0.176. The Hall–Kier alpha value is -2.60. The molecule has 2 rings (SSSR count). The number of esters is 1. The Balaban J connectivity index is 1.76. The largest absolute Gasteiger partial charge is 0.496 e. The third kappa shape index (κ3) is 5.60. The molecule has 5 nitrogen and oxygen atoms in total. The Labute approximate surface area is 138 Å². The number of para-hydroxylation sites is 1. The van der Waals surface area contributed by atoms with Crippen molar-refractivity contribution in [2.75, 3.05) is 13.7 Å². The highest BCUT2D eigenvalue weighted by Crippen LogP contribution is 2.18. The minimum atomic E-state index is -0.581. The molecule has 0 fully saturated rings. The van der Waals surface area contributed by atoms with Gasteiger partial charge in [-0.1, -0.05) is 24.3 Å². The first-order chi connectivity index (χ1) is 11.2. The van der Waals surface area contributed by atoms with Crippen LogP contribution in [0.5, 0.6) is 5.75 Å². The lowest BCUT2D eigenvalue weighted by Gasteiger charge is -2.05. The van der Waals surface area contributed by atoms with Crippen LogP contribution >= 0.6 is 11.3 Å². The molecule has 23 heavy (non-hydrogen) atoms. The standard InChI is InChI=1S/C17H17NO4S/c1-21-15-7-3-2-5-13(15)8-9-17(20)22-12-16(19)18-11-14-6-4-10-23-14/h2-10H,11-12H2,1H3,(H,18,19)/b9-8+. The summed E-state index contributed by atoms with van der Waals surface area (Å²) >= 11 is 1.55. The van der Waals surface area contributed by atoms with E-state index in [0.29, 0.717) is 12.3 Å². The van der Waals surface area contributed by atoms with E-state index >= 15 is 0 Å². The Bertz CT molecular complexity index is 680. The monoisotopic (exact) mass is 331 g/mol. The molecule has 0 aliphatic heterocycles. The number of hydrogen-bond acceptors (Lipinski definition) is 5. The number of carbonyl (C=O) groups excluding carboxylic acids is 2. The van der Waals surface area contributed by atoms with Crippen molar-refractivity contribution in [3.05, 3.63) is 58.3 Å². The van der Waals surface area contributed by atoms with Gasteiger partial charge in [0.05, 0.1) is 13.7 Å². The van der Waals surface area contributed by atoms with Crippen LogP contribution in [0.3, 0.4) is 0 Å². The molecule has 0 aliphatic rings. The summed E-state index contributed by atoms with van der Waals surface area (Å²) < 4.78 is 10.1. The van der Waals surface area contributed by atoms with Gasteiger partial charge in [-0.15, -0.1) is 11.3 Å². The van der Waals surface area contributed by atoms with Gasteiger partial charge in [0.25, 0.3) is 5.91 Å². The molecule has 0 saturated carbocycles. The molecule has 0 radical (unpaired) electrons. The number of nitrogens with one attached hydrogen (secondary N) is 1. The Morgan fingerprint density at radius 3 is 2.78 bits per heavy atom. The van der Waals surface area contributed by atoms with E-state index in [1.54, 1.807) is 30.6 Å². The number of amides is 1. The van der Waals surface area contributed by atoms with Crippen molar-refractivity contribution in [3.8, 4) is 5.75 Å². The summed E-state index contributed by atoms with van der Waals surface area (Å²) in [7, 11) is 1.56. The normalized spacial score (nSPS) is 10.5. The van der Waals surface area contributed by atoms with Gasteiger partial charge in [0.2, 0.25) is 0 Å². The van der Waals surface area contributed by atoms with Gasteiger partial charge < -0.3 is 14.8 Å². The summed E-state index contributed by atoms with van der Waals surface area (Å²) in [6.07, 6.45) is 2.86. The topological polar surface area (TPSA) is 64.6 Å². The number of rotatable bonds is 7. The van der Waals surface area contributed by atoms with Gasteiger partial charge in [0, 0.05) is 16.5 Å². The summed E-state index contributed by atoms with van der Waals surface area (Å²) in [5, 5.41) is 4.62. The van der Waals surface area contributed by atoms with Crippen molar-refractivity contribution in [2.24, 2.45) is 0 Å². The zero-order valence-corrected chi connectivity index (χ0v) is 13.5. The molecule has 0 unspecified atom stereocenters. The third-order valence-corrected chi connectivity index (χ3v) is 3.80. The van der Waals surface area contributed by atoms with Crippen LogP contribution in [0.4, 0.5) is 0 Å². The number of hydrogen-bond donors (Lipinski definition) is 1. The smallest absolute Gasteiger partial charge is 0.331 e. The molecule has 1 aromatic carbocycles. The second-order valence-corrected chi connectivity index (χ2v) is 5.57. The van der Waals surface area contributed by atoms with Crippen LogP contribution < -0.4 is 10.1 Å². The van der Waals surface area contributed by atoms with Crippen LogP contribution in [0.1, 0.15) is 10.4 Å². The van der Waals surface area contributed by atoms with Crippen molar-refractivity contribution in [3.63, 3.8) is 0 Å². The van der Waals surface area contributed by atoms with E-state index < -0.39 is 5.97 Å². The molecule has 1 amide bonds.